The van der Waals surface area contributed by atoms with Crippen molar-refractivity contribution in [2.45, 2.75) is 46.1 Å². The summed E-state index contributed by atoms with van der Waals surface area (Å²) in [6.45, 7) is 7.53. The molecule has 1 aliphatic heterocycles. The van der Waals surface area contributed by atoms with Gasteiger partial charge in [-0.1, -0.05) is 32.9 Å². The maximum Gasteiger partial charge on any atom is 0.242 e. The molecule has 1 aromatic heterocycles. The van der Waals surface area contributed by atoms with E-state index in [1.54, 1.807) is 23.3 Å². The molecule has 1 aromatic carbocycles. The van der Waals surface area contributed by atoms with Gasteiger partial charge in [0, 0.05) is 24.4 Å². The van der Waals surface area contributed by atoms with Crippen molar-refractivity contribution in [1.29, 1.82) is 0 Å². The molecule has 0 saturated carbocycles. The van der Waals surface area contributed by atoms with E-state index in [9.17, 15) is 9.59 Å². The number of hydrogen-bond acceptors (Lipinski definition) is 4. The maximum absolute atomic E-state index is 13.4. The lowest BCUT2D eigenvalue weighted by molar-refractivity contribution is -0.142. The van der Waals surface area contributed by atoms with Gasteiger partial charge >= 0.3 is 0 Å². The van der Waals surface area contributed by atoms with Crippen molar-refractivity contribution in [2.24, 2.45) is 5.92 Å². The molecular formula is C24H32N2O3S. The predicted octanol–water partition coefficient (Wildman–Crippen LogP) is 4.52. The van der Waals surface area contributed by atoms with Crippen molar-refractivity contribution in [1.82, 2.24) is 9.80 Å². The summed E-state index contributed by atoms with van der Waals surface area (Å²) >= 11 is 1.75. The van der Waals surface area contributed by atoms with Crippen molar-refractivity contribution >= 4 is 23.2 Å². The number of rotatable bonds is 8. The first-order valence-corrected chi connectivity index (χ1v) is 11.6. The quantitative estimate of drug-likeness (QED) is 0.621. The number of nitrogens with zero attached hydrogens (tertiary/aromatic N) is 2. The van der Waals surface area contributed by atoms with Crippen LogP contribution in [-0.4, -0.2) is 48.4 Å². The molecule has 2 aromatic rings. The van der Waals surface area contributed by atoms with E-state index in [1.807, 2.05) is 49.9 Å². The summed E-state index contributed by atoms with van der Waals surface area (Å²) in [7, 11) is 1.65. The minimum Gasteiger partial charge on any atom is -0.497 e. The van der Waals surface area contributed by atoms with E-state index in [4.69, 9.17) is 4.74 Å². The minimum atomic E-state index is -0.123. The maximum atomic E-state index is 13.4. The normalized spacial score (nSPS) is 15.8. The van der Waals surface area contributed by atoms with E-state index in [0.29, 0.717) is 19.5 Å². The summed E-state index contributed by atoms with van der Waals surface area (Å²) < 4.78 is 5.30. The molecule has 0 bridgehead atoms. The number of thiophene rings is 1. The Balaban J connectivity index is 1.86. The van der Waals surface area contributed by atoms with Crippen LogP contribution in [0.1, 0.15) is 55.7 Å². The van der Waals surface area contributed by atoms with E-state index < -0.39 is 0 Å². The second-order valence-electron chi connectivity index (χ2n) is 8.23. The zero-order chi connectivity index (χ0) is 21.7. The van der Waals surface area contributed by atoms with Crippen LogP contribution in [0.5, 0.6) is 5.75 Å². The zero-order valence-electron chi connectivity index (χ0n) is 18.4. The molecule has 162 valence electrons. The van der Waals surface area contributed by atoms with Crippen LogP contribution in [0.4, 0.5) is 0 Å². The highest BCUT2D eigenvalue weighted by atomic mass is 32.1. The Bertz CT molecular complexity index is 860. The fourth-order valence-electron chi connectivity index (χ4n) is 4.03. The van der Waals surface area contributed by atoms with Gasteiger partial charge in [0.15, 0.2) is 0 Å². The molecule has 0 N–H and O–H groups in total. The molecule has 5 nitrogen and oxygen atoms in total. The van der Waals surface area contributed by atoms with Crippen LogP contribution < -0.4 is 4.74 Å². The fraction of sp³-hybridized carbons (Fsp3) is 0.500. The highest BCUT2D eigenvalue weighted by molar-refractivity contribution is 7.10. The number of carbonyl (C=O) groups is 2. The lowest BCUT2D eigenvalue weighted by Crippen LogP contribution is -2.47. The molecule has 2 heterocycles. The number of hydrogen-bond donors (Lipinski definition) is 0. The Morgan fingerprint density at radius 2 is 1.97 bits per heavy atom. The summed E-state index contributed by atoms with van der Waals surface area (Å²) in [6, 6.07) is 9.95. The molecule has 0 aliphatic carbocycles. The van der Waals surface area contributed by atoms with Crippen molar-refractivity contribution in [2.75, 3.05) is 26.7 Å². The van der Waals surface area contributed by atoms with Gasteiger partial charge in [0.1, 0.15) is 5.75 Å². The number of fused-ring (bicyclic) bond motifs is 1. The molecule has 0 saturated heterocycles. The largest absolute Gasteiger partial charge is 0.497 e. The minimum absolute atomic E-state index is 0.0122. The van der Waals surface area contributed by atoms with Crippen LogP contribution in [-0.2, 0) is 16.0 Å². The molecule has 30 heavy (non-hydrogen) atoms. The van der Waals surface area contributed by atoms with Crippen molar-refractivity contribution in [3.63, 3.8) is 0 Å². The van der Waals surface area contributed by atoms with Gasteiger partial charge in [-0.2, -0.15) is 0 Å². The molecule has 0 unspecified atom stereocenters. The molecule has 1 atom stereocenters. The van der Waals surface area contributed by atoms with Crippen molar-refractivity contribution < 1.29 is 14.3 Å². The standard InChI is InChI=1S/C24H32N2O3S/c1-5-12-25(22(27)15-17(2)3)16-23(28)26-13-10-21-20(11-14-30-21)24(26)18-6-8-19(29-4)9-7-18/h6-9,11,14,17,24H,5,10,12-13,15-16H2,1-4H3/t24-/m0/s1. The molecule has 3 rings (SSSR count). The third-order valence-electron chi connectivity index (χ3n) is 5.47. The number of carbonyl (C=O) groups excluding carboxylic acids is 2. The van der Waals surface area contributed by atoms with Gasteiger partial charge in [-0.15, -0.1) is 11.3 Å². The summed E-state index contributed by atoms with van der Waals surface area (Å²) in [4.78, 5) is 31.1. The van der Waals surface area contributed by atoms with Gasteiger partial charge in [0.05, 0.1) is 19.7 Å². The summed E-state index contributed by atoms with van der Waals surface area (Å²) in [5, 5.41) is 2.10. The molecule has 0 fully saturated rings. The second kappa shape index (κ2) is 10.1. The molecule has 0 radical (unpaired) electrons. The van der Waals surface area contributed by atoms with Crippen LogP contribution in [0.25, 0.3) is 0 Å². The van der Waals surface area contributed by atoms with E-state index in [-0.39, 0.29) is 30.3 Å². The Kier molecular flexibility index (Phi) is 7.53. The zero-order valence-corrected chi connectivity index (χ0v) is 19.2. The first kappa shape index (κ1) is 22.3. The number of benzene rings is 1. The molecule has 6 heteroatoms. The van der Waals surface area contributed by atoms with E-state index in [0.717, 1.165) is 24.2 Å². The van der Waals surface area contributed by atoms with Gasteiger partial charge in [-0.05, 0) is 53.5 Å². The average Bonchev–Trinajstić information content (AvgIpc) is 3.21. The van der Waals surface area contributed by atoms with Crippen LogP contribution >= 0.6 is 11.3 Å². The van der Waals surface area contributed by atoms with Crippen LogP contribution in [0.3, 0.4) is 0 Å². The van der Waals surface area contributed by atoms with Crippen LogP contribution in [0.2, 0.25) is 0 Å². The monoisotopic (exact) mass is 428 g/mol. The van der Waals surface area contributed by atoms with Gasteiger partial charge in [0.25, 0.3) is 0 Å². The van der Waals surface area contributed by atoms with Gasteiger partial charge < -0.3 is 14.5 Å². The highest BCUT2D eigenvalue weighted by Gasteiger charge is 2.33. The number of ether oxygens (including phenoxy) is 1. The fourth-order valence-corrected chi connectivity index (χ4v) is 4.93. The molecular weight excluding hydrogens is 396 g/mol. The molecule has 2 amide bonds. The Morgan fingerprint density at radius 3 is 2.60 bits per heavy atom. The number of methoxy groups -OCH3 is 1. The topological polar surface area (TPSA) is 49.9 Å². The molecule has 1 aliphatic rings. The third-order valence-corrected chi connectivity index (χ3v) is 6.47. The van der Waals surface area contributed by atoms with E-state index in [1.165, 1.54) is 10.4 Å². The van der Waals surface area contributed by atoms with Gasteiger partial charge in [0.2, 0.25) is 11.8 Å². The first-order chi connectivity index (χ1) is 14.4. The predicted molar refractivity (Wildman–Crippen MR) is 121 cm³/mol. The van der Waals surface area contributed by atoms with E-state index in [2.05, 4.69) is 11.4 Å². The summed E-state index contributed by atoms with van der Waals surface area (Å²) in [5.41, 5.74) is 2.26. The lowest BCUT2D eigenvalue weighted by atomic mass is 9.93. The smallest absolute Gasteiger partial charge is 0.242 e. The SMILES string of the molecule is CCCN(CC(=O)N1CCc2sccc2[C@@H]1c1ccc(OC)cc1)C(=O)CC(C)C. The first-order valence-electron chi connectivity index (χ1n) is 10.7. The Labute approximate surface area is 183 Å². The summed E-state index contributed by atoms with van der Waals surface area (Å²) in [5.74, 6) is 1.15. The third kappa shape index (κ3) is 5.04. The van der Waals surface area contributed by atoms with Gasteiger partial charge in [-0.3, -0.25) is 9.59 Å². The number of amides is 2. The van der Waals surface area contributed by atoms with Gasteiger partial charge in [-0.25, -0.2) is 0 Å². The Hall–Kier alpha value is -2.34. The Morgan fingerprint density at radius 1 is 1.23 bits per heavy atom. The molecule has 0 spiro atoms. The van der Waals surface area contributed by atoms with Crippen LogP contribution in [0, 0.1) is 5.92 Å². The second-order valence-corrected chi connectivity index (χ2v) is 9.23. The van der Waals surface area contributed by atoms with Crippen LogP contribution in [0.15, 0.2) is 35.7 Å². The van der Waals surface area contributed by atoms with Crippen molar-refractivity contribution in [3.05, 3.63) is 51.7 Å². The summed E-state index contributed by atoms with van der Waals surface area (Å²) in [6.07, 6.45) is 2.18. The lowest BCUT2D eigenvalue weighted by Gasteiger charge is -2.37. The average molecular weight is 429 g/mol. The van der Waals surface area contributed by atoms with Crippen molar-refractivity contribution in [3.8, 4) is 5.75 Å². The highest BCUT2D eigenvalue weighted by Crippen LogP contribution is 2.38. The van der Waals surface area contributed by atoms with E-state index >= 15 is 0 Å².